The van der Waals surface area contributed by atoms with E-state index in [9.17, 15) is 14.4 Å². The van der Waals surface area contributed by atoms with Gasteiger partial charge in [-0.05, 0) is 50.5 Å². The molecule has 12 heteroatoms. The van der Waals surface area contributed by atoms with Crippen LogP contribution in [0.15, 0.2) is 24.3 Å². The van der Waals surface area contributed by atoms with Crippen molar-refractivity contribution in [2.24, 2.45) is 11.7 Å². The van der Waals surface area contributed by atoms with E-state index in [2.05, 4.69) is 25.6 Å². The predicted molar refractivity (Wildman–Crippen MR) is 148 cm³/mol. The maximum Gasteiger partial charge on any atom is 0.274 e. The van der Waals surface area contributed by atoms with E-state index in [4.69, 9.17) is 10.5 Å². The van der Waals surface area contributed by atoms with Crippen LogP contribution >= 0.6 is 0 Å². The van der Waals surface area contributed by atoms with Crippen molar-refractivity contribution in [2.45, 2.75) is 26.7 Å². The Morgan fingerprint density at radius 1 is 1.08 bits per heavy atom. The molecule has 5 rings (SSSR count). The number of primary amides is 1. The number of carbonyl (C=O) groups excluding carboxylic acids is 3. The zero-order valence-electron chi connectivity index (χ0n) is 22.2. The van der Waals surface area contributed by atoms with Gasteiger partial charge < -0.3 is 35.9 Å². The lowest BCUT2D eigenvalue weighted by Crippen LogP contribution is -2.43. The molecule has 0 unspecified atom stereocenters. The normalized spacial score (nSPS) is 16.4. The second-order valence-electron chi connectivity index (χ2n) is 10.0. The molecule has 3 amide bonds. The van der Waals surface area contributed by atoms with Crippen LogP contribution < -0.4 is 21.3 Å². The Kier molecular flexibility index (Phi) is 7.64. The van der Waals surface area contributed by atoms with Gasteiger partial charge in [0, 0.05) is 60.4 Å². The summed E-state index contributed by atoms with van der Waals surface area (Å²) in [5.74, 6) is -0.215. The number of piperidine rings is 1. The summed E-state index contributed by atoms with van der Waals surface area (Å²) in [6, 6.07) is 7.28. The van der Waals surface area contributed by atoms with E-state index in [1.165, 1.54) is 0 Å². The molecule has 4 heterocycles. The molecule has 0 bridgehead atoms. The molecule has 0 saturated carbocycles. The van der Waals surface area contributed by atoms with Crippen LogP contribution in [0.5, 0.6) is 0 Å². The zero-order chi connectivity index (χ0) is 27.5. The van der Waals surface area contributed by atoms with Crippen molar-refractivity contribution >= 4 is 46.1 Å². The second kappa shape index (κ2) is 11.3. The first kappa shape index (κ1) is 26.4. The highest BCUT2D eigenvalue weighted by Crippen LogP contribution is 2.25. The lowest BCUT2D eigenvalue weighted by molar-refractivity contribution is -0.133. The number of aryl methyl sites for hydroxylation is 2. The summed E-state index contributed by atoms with van der Waals surface area (Å²) in [5, 5.41) is 7.06. The van der Waals surface area contributed by atoms with E-state index in [1.54, 1.807) is 11.0 Å². The quantitative estimate of drug-likeness (QED) is 0.357. The van der Waals surface area contributed by atoms with Crippen LogP contribution in [0.4, 0.5) is 17.5 Å². The molecule has 206 valence electrons. The van der Waals surface area contributed by atoms with Crippen molar-refractivity contribution in [2.75, 3.05) is 61.5 Å². The molecule has 0 radical (unpaired) electrons. The SMILES string of the molecule is Cc1[nH]c2ccc(NC(=O)c3cc(NCC(=O)N4CCC(C(N)=O)CC4)nc(N4CCOCC4)n3)cc2c1C. The number of rotatable bonds is 7. The highest BCUT2D eigenvalue weighted by molar-refractivity contribution is 6.04. The fraction of sp³-hybridized carbons (Fsp3) is 0.444. The fourth-order valence-corrected chi connectivity index (χ4v) is 4.97. The number of morpholine rings is 1. The fourth-order valence-electron chi connectivity index (χ4n) is 4.97. The van der Waals surface area contributed by atoms with Crippen LogP contribution in [0, 0.1) is 19.8 Å². The molecule has 2 aliphatic rings. The van der Waals surface area contributed by atoms with Gasteiger partial charge in [-0.25, -0.2) is 4.98 Å². The summed E-state index contributed by atoms with van der Waals surface area (Å²) in [4.78, 5) is 53.7. The van der Waals surface area contributed by atoms with Gasteiger partial charge in [-0.2, -0.15) is 4.98 Å². The molecule has 0 spiro atoms. The maximum absolute atomic E-state index is 13.3. The van der Waals surface area contributed by atoms with E-state index < -0.39 is 0 Å². The number of aromatic nitrogens is 3. The number of aromatic amines is 1. The van der Waals surface area contributed by atoms with Gasteiger partial charge in [0.25, 0.3) is 5.91 Å². The number of hydrogen-bond donors (Lipinski definition) is 4. The second-order valence-corrected chi connectivity index (χ2v) is 10.0. The number of carbonyl (C=O) groups is 3. The third-order valence-electron chi connectivity index (χ3n) is 7.48. The van der Waals surface area contributed by atoms with Gasteiger partial charge in [0.15, 0.2) is 0 Å². The topological polar surface area (TPSA) is 159 Å². The number of ether oxygens (including phenoxy) is 1. The Bertz CT molecular complexity index is 1390. The molecule has 5 N–H and O–H groups in total. The van der Waals surface area contributed by atoms with Crippen molar-refractivity contribution in [3.05, 3.63) is 41.2 Å². The molecule has 2 saturated heterocycles. The summed E-state index contributed by atoms with van der Waals surface area (Å²) in [7, 11) is 0. The minimum Gasteiger partial charge on any atom is -0.378 e. The Hall–Kier alpha value is -4.19. The molecular formula is C27H34N8O4. The zero-order valence-corrected chi connectivity index (χ0v) is 22.2. The number of nitrogens with zero attached hydrogens (tertiary/aromatic N) is 4. The first-order chi connectivity index (χ1) is 18.8. The first-order valence-electron chi connectivity index (χ1n) is 13.2. The highest BCUT2D eigenvalue weighted by atomic mass is 16.5. The Morgan fingerprint density at radius 2 is 1.82 bits per heavy atom. The lowest BCUT2D eigenvalue weighted by Gasteiger charge is -2.30. The van der Waals surface area contributed by atoms with Gasteiger partial charge in [0.1, 0.15) is 11.5 Å². The van der Waals surface area contributed by atoms with Crippen molar-refractivity contribution in [3.63, 3.8) is 0 Å². The van der Waals surface area contributed by atoms with Crippen molar-refractivity contribution < 1.29 is 19.1 Å². The van der Waals surface area contributed by atoms with Crippen LogP contribution in [-0.2, 0) is 14.3 Å². The maximum atomic E-state index is 13.3. The first-order valence-corrected chi connectivity index (χ1v) is 13.2. The van der Waals surface area contributed by atoms with Crippen molar-refractivity contribution in [1.29, 1.82) is 0 Å². The van der Waals surface area contributed by atoms with Crippen LogP contribution in [-0.4, -0.2) is 83.5 Å². The molecule has 3 aromatic rings. The number of anilines is 3. The molecule has 2 aromatic heterocycles. The summed E-state index contributed by atoms with van der Waals surface area (Å²) in [6.45, 7) is 7.30. The Labute approximate surface area is 226 Å². The number of H-pyrrole nitrogens is 1. The Morgan fingerprint density at radius 3 is 2.54 bits per heavy atom. The molecule has 39 heavy (non-hydrogen) atoms. The van der Waals surface area contributed by atoms with Crippen LogP contribution in [0.2, 0.25) is 0 Å². The monoisotopic (exact) mass is 534 g/mol. The van der Waals surface area contributed by atoms with E-state index in [0.717, 1.165) is 22.2 Å². The number of amides is 3. The van der Waals surface area contributed by atoms with E-state index in [-0.39, 0.29) is 35.9 Å². The average Bonchev–Trinajstić information content (AvgIpc) is 3.24. The largest absolute Gasteiger partial charge is 0.378 e. The molecule has 0 aliphatic carbocycles. The predicted octanol–water partition coefficient (Wildman–Crippen LogP) is 1.80. The minimum absolute atomic E-state index is 0.00461. The van der Waals surface area contributed by atoms with Gasteiger partial charge in [-0.3, -0.25) is 14.4 Å². The van der Waals surface area contributed by atoms with Crippen LogP contribution in [0.3, 0.4) is 0 Å². The number of fused-ring (bicyclic) bond motifs is 1. The molecule has 12 nitrogen and oxygen atoms in total. The van der Waals surface area contributed by atoms with Crippen molar-refractivity contribution in [3.8, 4) is 0 Å². The summed E-state index contributed by atoms with van der Waals surface area (Å²) in [6.07, 6.45) is 1.13. The third kappa shape index (κ3) is 5.95. The standard InChI is InChI=1S/C27H34N8O4/c1-16-17(2)30-21-4-3-19(13-20(16)21)31-26(38)22-14-23(33-27(32-22)35-9-11-39-12-10-35)29-15-24(36)34-7-5-18(6-8-34)25(28)37/h3-4,13-14,18,30H,5-12,15H2,1-2H3,(H2,28,37)(H,31,38)(H,29,32,33). The minimum atomic E-state index is -0.376. The number of nitrogens with two attached hydrogens (primary N) is 1. The van der Waals surface area contributed by atoms with Gasteiger partial charge in [-0.1, -0.05) is 0 Å². The molecule has 2 fully saturated rings. The molecule has 2 aliphatic heterocycles. The van der Waals surface area contributed by atoms with Gasteiger partial charge in [0.05, 0.1) is 19.8 Å². The molecular weight excluding hydrogens is 500 g/mol. The highest BCUT2D eigenvalue weighted by Gasteiger charge is 2.26. The number of likely N-dealkylation sites (tertiary alicyclic amines) is 1. The average molecular weight is 535 g/mol. The van der Waals surface area contributed by atoms with Gasteiger partial charge in [0.2, 0.25) is 17.8 Å². The van der Waals surface area contributed by atoms with Gasteiger partial charge >= 0.3 is 0 Å². The molecule has 1 aromatic carbocycles. The molecule has 0 atom stereocenters. The summed E-state index contributed by atoms with van der Waals surface area (Å²) >= 11 is 0. The van der Waals surface area contributed by atoms with Crippen molar-refractivity contribution in [1.82, 2.24) is 19.9 Å². The van der Waals surface area contributed by atoms with E-state index in [1.807, 2.05) is 36.9 Å². The smallest absolute Gasteiger partial charge is 0.274 e. The summed E-state index contributed by atoms with van der Waals surface area (Å²) < 4.78 is 5.45. The summed E-state index contributed by atoms with van der Waals surface area (Å²) in [5.41, 5.74) is 9.47. The third-order valence-corrected chi connectivity index (χ3v) is 7.48. The van der Waals surface area contributed by atoms with Gasteiger partial charge in [-0.15, -0.1) is 0 Å². The van der Waals surface area contributed by atoms with E-state index in [0.29, 0.717) is 69.7 Å². The number of benzene rings is 1. The number of nitrogens with one attached hydrogen (secondary N) is 3. The lowest BCUT2D eigenvalue weighted by atomic mass is 9.96. The van der Waals surface area contributed by atoms with Crippen LogP contribution in [0.1, 0.15) is 34.6 Å². The Balaban J connectivity index is 1.32. The number of hydrogen-bond acceptors (Lipinski definition) is 8. The van der Waals surface area contributed by atoms with Crippen LogP contribution in [0.25, 0.3) is 10.9 Å². The van der Waals surface area contributed by atoms with E-state index >= 15 is 0 Å².